The Kier molecular flexibility index (Phi) is 1.69. The predicted octanol–water partition coefficient (Wildman–Crippen LogP) is 1.69. The molecule has 0 saturated heterocycles. The molecular formula is C9H11N3O. The van der Waals surface area contributed by atoms with Gasteiger partial charge in [0.1, 0.15) is 5.69 Å². The van der Waals surface area contributed by atoms with Crippen molar-refractivity contribution in [2.75, 3.05) is 0 Å². The highest BCUT2D eigenvalue weighted by atomic mass is 16.5. The van der Waals surface area contributed by atoms with Gasteiger partial charge in [-0.25, -0.2) is 0 Å². The summed E-state index contributed by atoms with van der Waals surface area (Å²) in [6.45, 7) is 3.83. The molecule has 0 fully saturated rings. The highest BCUT2D eigenvalue weighted by Gasteiger charge is 2.12. The van der Waals surface area contributed by atoms with Crippen LogP contribution < -0.4 is 0 Å². The van der Waals surface area contributed by atoms with E-state index in [1.165, 1.54) is 0 Å². The van der Waals surface area contributed by atoms with Crippen LogP contribution in [0.2, 0.25) is 0 Å². The zero-order valence-electron chi connectivity index (χ0n) is 7.90. The van der Waals surface area contributed by atoms with Crippen LogP contribution >= 0.6 is 0 Å². The van der Waals surface area contributed by atoms with Crippen LogP contribution in [0.4, 0.5) is 0 Å². The van der Waals surface area contributed by atoms with E-state index in [4.69, 9.17) is 4.52 Å². The van der Waals surface area contributed by atoms with Crippen molar-refractivity contribution in [1.82, 2.24) is 14.7 Å². The number of hydrogen-bond acceptors (Lipinski definition) is 3. The molecule has 0 unspecified atom stereocenters. The summed E-state index contributed by atoms with van der Waals surface area (Å²) in [6.07, 6.45) is 1.98. The van der Waals surface area contributed by atoms with Crippen LogP contribution in [0.5, 0.6) is 0 Å². The Hall–Kier alpha value is -1.58. The molecular weight excluding hydrogens is 166 g/mol. The third-order valence-electron chi connectivity index (χ3n) is 2.00. The van der Waals surface area contributed by atoms with Gasteiger partial charge in [0.05, 0.1) is 0 Å². The normalized spacial score (nSPS) is 10.7. The van der Waals surface area contributed by atoms with Crippen LogP contribution in [0.3, 0.4) is 0 Å². The van der Waals surface area contributed by atoms with Crippen molar-refractivity contribution in [2.24, 2.45) is 7.05 Å². The lowest BCUT2D eigenvalue weighted by Gasteiger charge is -1.97. The maximum atomic E-state index is 5.09. The predicted molar refractivity (Wildman–Crippen MR) is 48.2 cm³/mol. The van der Waals surface area contributed by atoms with Gasteiger partial charge in [0.2, 0.25) is 0 Å². The molecule has 0 N–H and O–H groups in total. The average Bonchev–Trinajstić information content (AvgIpc) is 2.60. The van der Waals surface area contributed by atoms with E-state index in [9.17, 15) is 0 Å². The van der Waals surface area contributed by atoms with Gasteiger partial charge in [-0.3, -0.25) is 0 Å². The zero-order chi connectivity index (χ0) is 9.42. The molecule has 0 aliphatic carbocycles. The minimum atomic E-state index is 0.586. The zero-order valence-corrected chi connectivity index (χ0v) is 7.90. The van der Waals surface area contributed by atoms with E-state index in [0.29, 0.717) is 11.7 Å². The number of aromatic nitrogens is 3. The number of aryl methyl sites for hydroxylation is 3. The van der Waals surface area contributed by atoms with E-state index in [2.05, 4.69) is 10.1 Å². The highest BCUT2D eigenvalue weighted by molar-refractivity contribution is 5.53. The molecule has 0 atom stereocenters. The van der Waals surface area contributed by atoms with Gasteiger partial charge in [0.25, 0.3) is 5.89 Å². The minimum Gasteiger partial charge on any atom is -0.346 e. The molecule has 4 nitrogen and oxygen atoms in total. The molecule has 0 aromatic carbocycles. The molecule has 0 bridgehead atoms. The minimum absolute atomic E-state index is 0.586. The first kappa shape index (κ1) is 8.04. The lowest BCUT2D eigenvalue weighted by molar-refractivity contribution is 0.423. The Morgan fingerprint density at radius 3 is 2.62 bits per heavy atom. The van der Waals surface area contributed by atoms with E-state index in [1.807, 2.05) is 37.7 Å². The topological polar surface area (TPSA) is 43.9 Å². The van der Waals surface area contributed by atoms with E-state index >= 15 is 0 Å². The molecule has 13 heavy (non-hydrogen) atoms. The molecule has 0 radical (unpaired) electrons. The fourth-order valence-corrected chi connectivity index (χ4v) is 1.37. The Labute approximate surface area is 76.2 Å². The molecule has 68 valence electrons. The lowest BCUT2D eigenvalue weighted by atomic mass is 10.3. The molecule has 2 aromatic heterocycles. The second kappa shape index (κ2) is 2.73. The first-order valence-electron chi connectivity index (χ1n) is 4.11. The van der Waals surface area contributed by atoms with Crippen molar-refractivity contribution in [3.8, 4) is 11.6 Å². The molecule has 2 aromatic rings. The summed E-state index contributed by atoms with van der Waals surface area (Å²) in [6, 6.07) is 2.02. The van der Waals surface area contributed by atoms with Gasteiger partial charge in [-0.1, -0.05) is 5.16 Å². The number of nitrogens with zero attached hydrogens (tertiary/aromatic N) is 3. The maximum absolute atomic E-state index is 5.09. The SMILES string of the molecule is Cc1noc(-c2c(C)ccn2C)n1. The fraction of sp³-hybridized carbons (Fsp3) is 0.333. The summed E-state index contributed by atoms with van der Waals surface area (Å²) >= 11 is 0. The van der Waals surface area contributed by atoms with Gasteiger partial charge in [0, 0.05) is 13.2 Å². The summed E-state index contributed by atoms with van der Waals surface area (Å²) in [5.74, 6) is 1.25. The van der Waals surface area contributed by atoms with Crippen molar-refractivity contribution in [3.63, 3.8) is 0 Å². The molecule has 0 aliphatic heterocycles. The molecule has 0 aliphatic rings. The van der Waals surface area contributed by atoms with Crippen LogP contribution in [0, 0.1) is 13.8 Å². The van der Waals surface area contributed by atoms with Gasteiger partial charge >= 0.3 is 0 Å². The smallest absolute Gasteiger partial charge is 0.274 e. The van der Waals surface area contributed by atoms with Gasteiger partial charge in [-0.15, -0.1) is 0 Å². The second-order valence-corrected chi connectivity index (χ2v) is 3.11. The Bertz CT molecular complexity index is 408. The van der Waals surface area contributed by atoms with Crippen molar-refractivity contribution in [1.29, 1.82) is 0 Å². The summed E-state index contributed by atoms with van der Waals surface area (Å²) in [4.78, 5) is 4.18. The quantitative estimate of drug-likeness (QED) is 0.665. The lowest BCUT2D eigenvalue weighted by Crippen LogP contribution is -1.91. The molecule has 0 saturated carbocycles. The van der Waals surface area contributed by atoms with Gasteiger partial charge in [-0.05, 0) is 25.5 Å². The highest BCUT2D eigenvalue weighted by Crippen LogP contribution is 2.21. The van der Waals surface area contributed by atoms with E-state index in [1.54, 1.807) is 0 Å². The summed E-state index contributed by atoms with van der Waals surface area (Å²) in [7, 11) is 1.96. The standard InChI is InChI=1S/C9H11N3O/c1-6-4-5-12(3)8(6)9-10-7(2)11-13-9/h4-5H,1-3H3. The molecule has 2 rings (SSSR count). The van der Waals surface area contributed by atoms with E-state index in [0.717, 1.165) is 11.3 Å². The Morgan fingerprint density at radius 2 is 2.15 bits per heavy atom. The second-order valence-electron chi connectivity index (χ2n) is 3.11. The summed E-state index contributed by atoms with van der Waals surface area (Å²) in [5.41, 5.74) is 2.13. The van der Waals surface area contributed by atoms with Gasteiger partial charge < -0.3 is 9.09 Å². The van der Waals surface area contributed by atoms with E-state index in [-0.39, 0.29) is 0 Å². The number of rotatable bonds is 1. The summed E-state index contributed by atoms with van der Waals surface area (Å²) in [5, 5.41) is 3.76. The Balaban J connectivity index is 2.57. The Morgan fingerprint density at radius 1 is 1.38 bits per heavy atom. The first-order chi connectivity index (χ1) is 6.18. The van der Waals surface area contributed by atoms with Gasteiger partial charge in [0.15, 0.2) is 5.82 Å². The average molecular weight is 177 g/mol. The third kappa shape index (κ3) is 1.24. The van der Waals surface area contributed by atoms with Crippen LogP contribution in [0.25, 0.3) is 11.6 Å². The molecule has 0 spiro atoms. The molecule has 0 amide bonds. The van der Waals surface area contributed by atoms with E-state index < -0.39 is 0 Å². The monoisotopic (exact) mass is 177 g/mol. The van der Waals surface area contributed by atoms with Crippen molar-refractivity contribution >= 4 is 0 Å². The molecule has 2 heterocycles. The van der Waals surface area contributed by atoms with Crippen LogP contribution in [0.1, 0.15) is 11.4 Å². The van der Waals surface area contributed by atoms with Gasteiger partial charge in [-0.2, -0.15) is 4.98 Å². The van der Waals surface area contributed by atoms with Crippen LogP contribution in [-0.2, 0) is 7.05 Å². The third-order valence-corrected chi connectivity index (χ3v) is 2.00. The first-order valence-corrected chi connectivity index (χ1v) is 4.11. The van der Waals surface area contributed by atoms with Crippen LogP contribution in [0.15, 0.2) is 16.8 Å². The van der Waals surface area contributed by atoms with Crippen molar-refractivity contribution in [2.45, 2.75) is 13.8 Å². The summed E-state index contributed by atoms with van der Waals surface area (Å²) < 4.78 is 7.06. The van der Waals surface area contributed by atoms with Crippen molar-refractivity contribution in [3.05, 3.63) is 23.7 Å². The number of hydrogen-bond donors (Lipinski definition) is 0. The largest absolute Gasteiger partial charge is 0.346 e. The maximum Gasteiger partial charge on any atom is 0.274 e. The molecule has 4 heteroatoms. The van der Waals surface area contributed by atoms with Crippen LogP contribution in [-0.4, -0.2) is 14.7 Å². The van der Waals surface area contributed by atoms with Crippen molar-refractivity contribution < 1.29 is 4.52 Å². The fourth-order valence-electron chi connectivity index (χ4n) is 1.37.